The largest absolute Gasteiger partial charge is 0.341 e. The van der Waals surface area contributed by atoms with Crippen LogP contribution in [-0.4, -0.2) is 62.8 Å². The summed E-state index contributed by atoms with van der Waals surface area (Å²) in [5, 5.41) is 3.29. The molecule has 28 heavy (non-hydrogen) atoms. The number of aryl methyl sites for hydroxylation is 3. The molecule has 1 unspecified atom stereocenters. The van der Waals surface area contributed by atoms with Crippen molar-refractivity contribution in [2.75, 3.05) is 33.2 Å². The van der Waals surface area contributed by atoms with Crippen LogP contribution in [0.25, 0.3) is 0 Å². The molecule has 1 amide bonds. The van der Waals surface area contributed by atoms with Crippen LogP contribution in [0.2, 0.25) is 0 Å². The number of likely N-dealkylation sites (N-methyl/N-ethyl adjacent to an activating group) is 1. The first-order chi connectivity index (χ1) is 12.7. The van der Waals surface area contributed by atoms with Crippen LogP contribution in [0.3, 0.4) is 0 Å². The number of carbonyl (C=O) groups is 1. The molecule has 158 valence electrons. The standard InChI is InChI=1S/C20H31N3O3S.ClH/c1-14-11-15(2)19(16(3)12-14)27(25,26)23-9-6-17(7-10-23)20(24)22(4)18-5-8-21-13-18;/h11-12,17-18,21H,5-10,13H2,1-4H3;1H. The molecule has 2 saturated heterocycles. The molecule has 1 atom stereocenters. The summed E-state index contributed by atoms with van der Waals surface area (Å²) >= 11 is 0. The maximum Gasteiger partial charge on any atom is 0.243 e. The van der Waals surface area contributed by atoms with E-state index < -0.39 is 10.0 Å². The Morgan fingerprint density at radius 1 is 1.11 bits per heavy atom. The molecule has 2 heterocycles. The van der Waals surface area contributed by atoms with Gasteiger partial charge in [-0.3, -0.25) is 4.79 Å². The van der Waals surface area contributed by atoms with Gasteiger partial charge >= 0.3 is 0 Å². The lowest BCUT2D eigenvalue weighted by Crippen LogP contribution is -2.46. The van der Waals surface area contributed by atoms with Gasteiger partial charge in [-0.25, -0.2) is 8.42 Å². The maximum absolute atomic E-state index is 13.2. The zero-order valence-electron chi connectivity index (χ0n) is 17.2. The van der Waals surface area contributed by atoms with E-state index in [-0.39, 0.29) is 30.3 Å². The first kappa shape index (κ1) is 23.1. The van der Waals surface area contributed by atoms with Crippen LogP contribution < -0.4 is 5.32 Å². The van der Waals surface area contributed by atoms with Gasteiger partial charge in [0, 0.05) is 38.6 Å². The summed E-state index contributed by atoms with van der Waals surface area (Å²) in [5.74, 6) is 0.0747. The Morgan fingerprint density at radius 3 is 2.18 bits per heavy atom. The number of carbonyl (C=O) groups excluding carboxylic acids is 1. The minimum atomic E-state index is -3.53. The Morgan fingerprint density at radius 2 is 1.68 bits per heavy atom. The van der Waals surface area contributed by atoms with E-state index in [0.717, 1.165) is 36.2 Å². The van der Waals surface area contributed by atoms with Crippen LogP contribution >= 0.6 is 12.4 Å². The fraction of sp³-hybridized carbons (Fsp3) is 0.650. The Balaban J connectivity index is 0.00000280. The van der Waals surface area contributed by atoms with Gasteiger partial charge in [0.1, 0.15) is 0 Å². The summed E-state index contributed by atoms with van der Waals surface area (Å²) in [6, 6.07) is 4.10. The number of hydrogen-bond donors (Lipinski definition) is 1. The summed E-state index contributed by atoms with van der Waals surface area (Å²) in [5.41, 5.74) is 2.65. The van der Waals surface area contributed by atoms with Crippen LogP contribution in [-0.2, 0) is 14.8 Å². The summed E-state index contributed by atoms with van der Waals surface area (Å²) < 4.78 is 27.9. The molecular formula is C20H32ClN3O3S. The van der Waals surface area contributed by atoms with Crippen LogP contribution in [0.4, 0.5) is 0 Å². The van der Waals surface area contributed by atoms with Crippen LogP contribution in [0.5, 0.6) is 0 Å². The van der Waals surface area contributed by atoms with Gasteiger partial charge in [-0.1, -0.05) is 17.7 Å². The Labute approximate surface area is 175 Å². The third-order valence-corrected chi connectivity index (χ3v) is 8.14. The minimum absolute atomic E-state index is 0. The van der Waals surface area contributed by atoms with E-state index in [1.165, 1.54) is 0 Å². The summed E-state index contributed by atoms with van der Waals surface area (Å²) in [6.45, 7) is 8.30. The normalized spacial score (nSPS) is 21.4. The van der Waals surface area contributed by atoms with Crippen molar-refractivity contribution in [3.8, 4) is 0 Å². The number of nitrogens with one attached hydrogen (secondary N) is 1. The van der Waals surface area contributed by atoms with Gasteiger partial charge in [-0.15, -0.1) is 12.4 Å². The number of benzene rings is 1. The lowest BCUT2D eigenvalue weighted by molar-refractivity contribution is -0.137. The van der Waals surface area contributed by atoms with Crippen LogP contribution in [0, 0.1) is 26.7 Å². The number of rotatable bonds is 4. The molecule has 3 rings (SSSR count). The Kier molecular flexibility index (Phi) is 7.53. The SMILES string of the molecule is Cc1cc(C)c(S(=O)(=O)N2CCC(C(=O)N(C)C3CCNC3)CC2)c(C)c1.Cl. The fourth-order valence-electron chi connectivity index (χ4n) is 4.48. The molecule has 0 radical (unpaired) electrons. The molecular weight excluding hydrogens is 398 g/mol. The molecule has 8 heteroatoms. The van der Waals surface area contributed by atoms with Gasteiger partial charge in [0.2, 0.25) is 15.9 Å². The minimum Gasteiger partial charge on any atom is -0.341 e. The fourth-order valence-corrected chi connectivity index (χ4v) is 6.37. The monoisotopic (exact) mass is 429 g/mol. The lowest BCUT2D eigenvalue weighted by Gasteiger charge is -2.34. The smallest absolute Gasteiger partial charge is 0.243 e. The van der Waals surface area contributed by atoms with E-state index >= 15 is 0 Å². The Hall–Kier alpha value is -1.15. The number of nitrogens with zero attached hydrogens (tertiary/aromatic N) is 2. The molecule has 1 aromatic rings. The number of hydrogen-bond acceptors (Lipinski definition) is 4. The summed E-state index contributed by atoms with van der Waals surface area (Å²) in [6.07, 6.45) is 2.17. The van der Waals surface area contributed by atoms with E-state index in [1.54, 1.807) is 4.31 Å². The van der Waals surface area contributed by atoms with Crippen molar-refractivity contribution in [1.82, 2.24) is 14.5 Å². The molecule has 0 aromatic heterocycles. The number of halogens is 1. The highest BCUT2D eigenvalue weighted by Gasteiger charge is 2.36. The predicted octanol–water partition coefficient (Wildman–Crippen LogP) is 2.25. The zero-order valence-corrected chi connectivity index (χ0v) is 18.8. The van der Waals surface area contributed by atoms with Crippen molar-refractivity contribution in [2.45, 2.75) is 51.0 Å². The summed E-state index contributed by atoms with van der Waals surface area (Å²) in [7, 11) is -1.65. The molecule has 0 spiro atoms. The van der Waals surface area contributed by atoms with Gasteiger partial charge in [0.15, 0.2) is 0 Å². The molecule has 0 saturated carbocycles. The van der Waals surface area contributed by atoms with E-state index in [1.807, 2.05) is 44.9 Å². The van der Waals surface area contributed by atoms with Crippen molar-refractivity contribution in [1.29, 1.82) is 0 Å². The Bertz CT molecular complexity index is 791. The van der Waals surface area contributed by atoms with Gasteiger partial charge in [-0.2, -0.15) is 4.31 Å². The van der Waals surface area contributed by atoms with Crippen molar-refractivity contribution >= 4 is 28.3 Å². The molecule has 0 aliphatic carbocycles. The number of sulfonamides is 1. The second kappa shape index (κ2) is 9.11. The quantitative estimate of drug-likeness (QED) is 0.796. The average molecular weight is 430 g/mol. The van der Waals surface area contributed by atoms with Gasteiger partial charge in [0.05, 0.1) is 4.90 Å². The van der Waals surface area contributed by atoms with Gasteiger partial charge in [-0.05, 0) is 57.7 Å². The summed E-state index contributed by atoms with van der Waals surface area (Å²) in [4.78, 5) is 15.1. The molecule has 0 bridgehead atoms. The van der Waals surface area contributed by atoms with Crippen molar-refractivity contribution in [3.05, 3.63) is 28.8 Å². The van der Waals surface area contributed by atoms with E-state index in [2.05, 4.69) is 5.32 Å². The maximum atomic E-state index is 13.2. The highest BCUT2D eigenvalue weighted by molar-refractivity contribution is 7.89. The lowest BCUT2D eigenvalue weighted by atomic mass is 9.96. The molecule has 1 aromatic carbocycles. The molecule has 6 nitrogen and oxygen atoms in total. The second-order valence-electron chi connectivity index (χ2n) is 8.00. The van der Waals surface area contributed by atoms with E-state index in [9.17, 15) is 13.2 Å². The van der Waals surface area contributed by atoms with Crippen molar-refractivity contribution < 1.29 is 13.2 Å². The van der Waals surface area contributed by atoms with Crippen LogP contribution in [0.1, 0.15) is 36.0 Å². The van der Waals surface area contributed by atoms with E-state index in [0.29, 0.717) is 30.8 Å². The first-order valence-corrected chi connectivity index (χ1v) is 11.2. The van der Waals surface area contributed by atoms with Gasteiger partial charge < -0.3 is 10.2 Å². The van der Waals surface area contributed by atoms with E-state index in [4.69, 9.17) is 0 Å². The highest BCUT2D eigenvalue weighted by atomic mass is 35.5. The van der Waals surface area contributed by atoms with Gasteiger partial charge in [0.25, 0.3) is 0 Å². The van der Waals surface area contributed by atoms with Crippen LogP contribution in [0.15, 0.2) is 17.0 Å². The molecule has 2 aliphatic rings. The predicted molar refractivity (Wildman–Crippen MR) is 113 cm³/mol. The molecule has 2 fully saturated rings. The van der Waals surface area contributed by atoms with Crippen molar-refractivity contribution in [3.63, 3.8) is 0 Å². The van der Waals surface area contributed by atoms with Crippen molar-refractivity contribution in [2.24, 2.45) is 5.92 Å². The third kappa shape index (κ3) is 4.53. The zero-order chi connectivity index (χ0) is 19.8. The topological polar surface area (TPSA) is 69.7 Å². The molecule has 2 aliphatic heterocycles. The first-order valence-electron chi connectivity index (χ1n) is 9.77. The third-order valence-electron chi connectivity index (χ3n) is 5.94. The number of amides is 1. The average Bonchev–Trinajstić information content (AvgIpc) is 3.14. The second-order valence-corrected chi connectivity index (χ2v) is 9.88. The number of piperidine rings is 1. The molecule has 1 N–H and O–H groups in total. The highest BCUT2D eigenvalue weighted by Crippen LogP contribution is 2.29.